The van der Waals surface area contributed by atoms with Crippen LogP contribution in [-0.4, -0.2) is 15.2 Å². The Morgan fingerprint density at radius 3 is 2.60 bits per heavy atom. The SMILES string of the molecule is Oc1cc(O)c2c(c1)[nH]c1ccccc12. The second-order valence-corrected chi connectivity index (χ2v) is 3.56. The monoisotopic (exact) mass is 199 g/mol. The molecule has 0 saturated heterocycles. The minimum atomic E-state index is 0.0616. The summed E-state index contributed by atoms with van der Waals surface area (Å²) >= 11 is 0. The molecular weight excluding hydrogens is 190 g/mol. The van der Waals surface area contributed by atoms with Crippen LogP contribution in [0.25, 0.3) is 21.8 Å². The van der Waals surface area contributed by atoms with E-state index < -0.39 is 0 Å². The van der Waals surface area contributed by atoms with Gasteiger partial charge in [-0.15, -0.1) is 0 Å². The summed E-state index contributed by atoms with van der Waals surface area (Å²) in [6, 6.07) is 10.7. The Hall–Kier alpha value is -2.16. The molecule has 0 spiro atoms. The van der Waals surface area contributed by atoms with E-state index in [2.05, 4.69) is 4.98 Å². The Bertz CT molecular complexity index is 655. The third kappa shape index (κ3) is 1.06. The standard InChI is InChI=1S/C12H9NO2/c14-7-5-10-12(11(15)6-7)8-3-1-2-4-9(8)13-10/h1-6,13-15H. The number of phenols is 2. The topological polar surface area (TPSA) is 56.2 Å². The molecule has 3 heteroatoms. The van der Waals surface area contributed by atoms with E-state index in [0.29, 0.717) is 0 Å². The first-order chi connectivity index (χ1) is 7.25. The molecule has 0 aliphatic heterocycles. The molecule has 0 bridgehead atoms. The predicted molar refractivity (Wildman–Crippen MR) is 59.1 cm³/mol. The zero-order valence-electron chi connectivity index (χ0n) is 7.86. The highest BCUT2D eigenvalue weighted by atomic mass is 16.3. The summed E-state index contributed by atoms with van der Waals surface area (Å²) in [5.41, 5.74) is 1.70. The van der Waals surface area contributed by atoms with Crippen LogP contribution in [0.4, 0.5) is 0 Å². The molecule has 2 aromatic carbocycles. The molecule has 1 aromatic heterocycles. The molecule has 74 valence electrons. The lowest BCUT2D eigenvalue weighted by Gasteiger charge is -1.97. The predicted octanol–water partition coefficient (Wildman–Crippen LogP) is 2.73. The average Bonchev–Trinajstić information content (AvgIpc) is 2.54. The number of rotatable bonds is 0. The van der Waals surface area contributed by atoms with Crippen molar-refractivity contribution in [1.29, 1.82) is 0 Å². The van der Waals surface area contributed by atoms with Crippen molar-refractivity contribution in [3.63, 3.8) is 0 Å². The van der Waals surface area contributed by atoms with Gasteiger partial charge in [0.2, 0.25) is 0 Å². The van der Waals surface area contributed by atoms with Gasteiger partial charge >= 0.3 is 0 Å². The Balaban J connectivity index is 2.61. The maximum atomic E-state index is 9.76. The summed E-state index contributed by atoms with van der Waals surface area (Å²) in [6.45, 7) is 0. The zero-order chi connectivity index (χ0) is 10.4. The number of aromatic hydroxyl groups is 2. The molecule has 0 fully saturated rings. The van der Waals surface area contributed by atoms with Crippen LogP contribution in [0.1, 0.15) is 0 Å². The summed E-state index contributed by atoms with van der Waals surface area (Å²) in [6.07, 6.45) is 0. The summed E-state index contributed by atoms with van der Waals surface area (Å²) in [5.74, 6) is 0.161. The molecule has 0 radical (unpaired) electrons. The first kappa shape index (κ1) is 8.17. The fourth-order valence-electron chi connectivity index (χ4n) is 1.95. The van der Waals surface area contributed by atoms with Gasteiger partial charge in [0, 0.05) is 28.4 Å². The van der Waals surface area contributed by atoms with Crippen molar-refractivity contribution < 1.29 is 10.2 Å². The molecule has 15 heavy (non-hydrogen) atoms. The van der Waals surface area contributed by atoms with Gasteiger partial charge in [-0.05, 0) is 6.07 Å². The highest BCUT2D eigenvalue weighted by molar-refractivity contribution is 6.10. The van der Waals surface area contributed by atoms with Crippen LogP contribution in [0.2, 0.25) is 0 Å². The maximum Gasteiger partial charge on any atom is 0.129 e. The lowest BCUT2D eigenvalue weighted by Crippen LogP contribution is -1.70. The van der Waals surface area contributed by atoms with Gasteiger partial charge in [0.1, 0.15) is 11.5 Å². The zero-order valence-corrected chi connectivity index (χ0v) is 7.86. The number of para-hydroxylation sites is 1. The number of hydrogen-bond acceptors (Lipinski definition) is 2. The number of hydrogen-bond donors (Lipinski definition) is 3. The number of H-pyrrole nitrogens is 1. The molecule has 0 unspecified atom stereocenters. The molecule has 3 N–H and O–H groups in total. The van der Waals surface area contributed by atoms with Crippen molar-refractivity contribution >= 4 is 21.8 Å². The second-order valence-electron chi connectivity index (χ2n) is 3.56. The fraction of sp³-hybridized carbons (Fsp3) is 0. The van der Waals surface area contributed by atoms with Crippen LogP contribution in [0, 0.1) is 0 Å². The van der Waals surface area contributed by atoms with Crippen LogP contribution >= 0.6 is 0 Å². The van der Waals surface area contributed by atoms with Gasteiger partial charge in [0.15, 0.2) is 0 Å². The summed E-state index contributed by atoms with van der Waals surface area (Å²) < 4.78 is 0. The first-order valence-corrected chi connectivity index (χ1v) is 4.68. The number of phenolic OH excluding ortho intramolecular Hbond substituents is 2. The Morgan fingerprint density at radius 1 is 0.933 bits per heavy atom. The number of aromatic amines is 1. The summed E-state index contributed by atoms with van der Waals surface area (Å²) in [5, 5.41) is 20.8. The average molecular weight is 199 g/mol. The van der Waals surface area contributed by atoms with Crippen molar-refractivity contribution in [3.05, 3.63) is 36.4 Å². The summed E-state index contributed by atoms with van der Waals surface area (Å²) in [7, 11) is 0. The minimum absolute atomic E-state index is 0.0616. The van der Waals surface area contributed by atoms with Gasteiger partial charge in [-0.3, -0.25) is 0 Å². The Kier molecular flexibility index (Phi) is 1.45. The fourth-order valence-corrected chi connectivity index (χ4v) is 1.95. The second kappa shape index (κ2) is 2.67. The molecule has 0 aliphatic carbocycles. The van der Waals surface area contributed by atoms with Gasteiger partial charge in [-0.2, -0.15) is 0 Å². The van der Waals surface area contributed by atoms with Crippen LogP contribution in [-0.2, 0) is 0 Å². The maximum absolute atomic E-state index is 9.76. The quantitative estimate of drug-likeness (QED) is 0.521. The van der Waals surface area contributed by atoms with Gasteiger partial charge in [-0.25, -0.2) is 0 Å². The molecule has 0 aliphatic rings. The highest BCUT2D eigenvalue weighted by Crippen LogP contribution is 2.35. The van der Waals surface area contributed by atoms with E-state index in [0.717, 1.165) is 21.8 Å². The number of nitrogens with one attached hydrogen (secondary N) is 1. The molecule has 0 atom stereocenters. The normalized spacial score (nSPS) is 11.2. The van der Waals surface area contributed by atoms with Crippen LogP contribution in [0.5, 0.6) is 11.5 Å². The molecule has 3 rings (SSSR count). The van der Waals surface area contributed by atoms with Gasteiger partial charge in [-0.1, -0.05) is 18.2 Å². The lowest BCUT2D eigenvalue weighted by molar-refractivity contribution is 0.455. The smallest absolute Gasteiger partial charge is 0.129 e. The molecule has 0 amide bonds. The van der Waals surface area contributed by atoms with Gasteiger partial charge in [0.25, 0.3) is 0 Å². The van der Waals surface area contributed by atoms with Crippen molar-refractivity contribution in [2.75, 3.05) is 0 Å². The largest absolute Gasteiger partial charge is 0.508 e. The first-order valence-electron chi connectivity index (χ1n) is 4.68. The third-order valence-corrected chi connectivity index (χ3v) is 2.57. The van der Waals surface area contributed by atoms with Gasteiger partial charge in [0.05, 0.1) is 5.52 Å². The van der Waals surface area contributed by atoms with Gasteiger partial charge < -0.3 is 15.2 Å². The van der Waals surface area contributed by atoms with E-state index in [4.69, 9.17) is 0 Å². The third-order valence-electron chi connectivity index (χ3n) is 2.57. The lowest BCUT2D eigenvalue weighted by atomic mass is 10.1. The molecule has 1 heterocycles. The number of aromatic nitrogens is 1. The molecule has 3 nitrogen and oxygen atoms in total. The summed E-state index contributed by atoms with van der Waals surface area (Å²) in [4.78, 5) is 3.14. The molecular formula is C12H9NO2. The van der Waals surface area contributed by atoms with Crippen LogP contribution < -0.4 is 0 Å². The van der Waals surface area contributed by atoms with Crippen LogP contribution in [0.15, 0.2) is 36.4 Å². The van der Waals surface area contributed by atoms with Crippen molar-refractivity contribution in [1.82, 2.24) is 4.98 Å². The van der Waals surface area contributed by atoms with E-state index in [1.54, 1.807) is 6.07 Å². The number of fused-ring (bicyclic) bond motifs is 3. The Morgan fingerprint density at radius 2 is 1.73 bits per heavy atom. The highest BCUT2D eigenvalue weighted by Gasteiger charge is 2.08. The van der Waals surface area contributed by atoms with E-state index in [1.807, 2.05) is 24.3 Å². The van der Waals surface area contributed by atoms with Crippen molar-refractivity contribution in [2.45, 2.75) is 0 Å². The van der Waals surface area contributed by atoms with E-state index >= 15 is 0 Å². The minimum Gasteiger partial charge on any atom is -0.508 e. The van der Waals surface area contributed by atoms with Crippen molar-refractivity contribution in [2.24, 2.45) is 0 Å². The van der Waals surface area contributed by atoms with E-state index in [1.165, 1.54) is 6.07 Å². The Labute approximate surface area is 85.6 Å². The van der Waals surface area contributed by atoms with E-state index in [-0.39, 0.29) is 11.5 Å². The number of benzene rings is 2. The molecule has 3 aromatic rings. The molecule has 0 saturated carbocycles. The van der Waals surface area contributed by atoms with Crippen molar-refractivity contribution in [3.8, 4) is 11.5 Å². The van der Waals surface area contributed by atoms with Crippen LogP contribution in [0.3, 0.4) is 0 Å². The van der Waals surface area contributed by atoms with E-state index in [9.17, 15) is 10.2 Å².